The predicted octanol–water partition coefficient (Wildman–Crippen LogP) is -1.39. The Morgan fingerprint density at radius 3 is 2.64 bits per heavy atom. The molecule has 1 atom stereocenters. The molecule has 0 bridgehead atoms. The predicted molar refractivity (Wildman–Crippen MR) is 44.3 cm³/mol. The van der Waals surface area contributed by atoms with E-state index in [9.17, 15) is 14.4 Å². The first-order valence-electron chi connectivity index (χ1n) is 4.38. The van der Waals surface area contributed by atoms with Crippen LogP contribution in [0.5, 0.6) is 0 Å². The van der Waals surface area contributed by atoms with Crippen LogP contribution in [0.1, 0.15) is 19.3 Å². The third-order valence-corrected chi connectivity index (χ3v) is 2.55. The van der Waals surface area contributed by atoms with Gasteiger partial charge in [-0.15, -0.1) is 0 Å². The van der Waals surface area contributed by atoms with Gasteiger partial charge in [0.15, 0.2) is 0 Å². The first kappa shape index (κ1) is 8.98. The van der Waals surface area contributed by atoms with E-state index >= 15 is 0 Å². The third-order valence-electron chi connectivity index (χ3n) is 2.55. The standard InChI is InChI=1S/C8H10N2O4/c11-5(12)3-4-6(13)10-8(1-2-8)7(14)9-4/h4H,1-3H2,(H,9,14)(H,10,13)(H,11,12)/t4-/m0/s1. The van der Waals surface area contributed by atoms with Crippen molar-refractivity contribution in [2.24, 2.45) is 0 Å². The molecular formula is C8H10N2O4. The fourth-order valence-electron chi connectivity index (χ4n) is 1.54. The van der Waals surface area contributed by atoms with Gasteiger partial charge in [-0.1, -0.05) is 0 Å². The highest BCUT2D eigenvalue weighted by atomic mass is 16.4. The molecule has 2 amide bonds. The zero-order valence-corrected chi connectivity index (χ0v) is 7.37. The summed E-state index contributed by atoms with van der Waals surface area (Å²) in [4.78, 5) is 33.1. The highest BCUT2D eigenvalue weighted by molar-refractivity contribution is 6.02. The summed E-state index contributed by atoms with van der Waals surface area (Å²) in [6, 6.07) is -0.925. The van der Waals surface area contributed by atoms with Gasteiger partial charge in [-0.2, -0.15) is 0 Å². The second-order valence-electron chi connectivity index (χ2n) is 3.70. The summed E-state index contributed by atoms with van der Waals surface area (Å²) in [6.45, 7) is 0. The van der Waals surface area contributed by atoms with Gasteiger partial charge < -0.3 is 15.7 Å². The Balaban J connectivity index is 2.05. The molecule has 6 heteroatoms. The molecule has 76 valence electrons. The minimum atomic E-state index is -1.10. The van der Waals surface area contributed by atoms with E-state index in [1.807, 2.05) is 0 Å². The van der Waals surface area contributed by atoms with Crippen LogP contribution in [0.25, 0.3) is 0 Å². The molecule has 2 fully saturated rings. The molecule has 0 aromatic carbocycles. The first-order chi connectivity index (χ1) is 6.53. The largest absolute Gasteiger partial charge is 0.481 e. The van der Waals surface area contributed by atoms with Crippen LogP contribution in [0, 0.1) is 0 Å². The Kier molecular flexibility index (Phi) is 1.73. The normalized spacial score (nSPS) is 28.1. The molecule has 2 aliphatic rings. The number of rotatable bonds is 2. The lowest BCUT2D eigenvalue weighted by atomic mass is 10.1. The van der Waals surface area contributed by atoms with Crippen molar-refractivity contribution in [3.63, 3.8) is 0 Å². The Morgan fingerprint density at radius 2 is 2.14 bits per heavy atom. The zero-order valence-electron chi connectivity index (χ0n) is 7.37. The number of nitrogens with one attached hydrogen (secondary N) is 2. The molecule has 1 heterocycles. The number of carboxylic acid groups (broad SMARTS) is 1. The molecule has 0 unspecified atom stereocenters. The van der Waals surface area contributed by atoms with Crippen molar-refractivity contribution in [3.8, 4) is 0 Å². The number of carbonyl (C=O) groups is 3. The summed E-state index contributed by atoms with van der Waals surface area (Å²) in [7, 11) is 0. The quantitative estimate of drug-likeness (QED) is 0.509. The van der Waals surface area contributed by atoms with Crippen LogP contribution < -0.4 is 10.6 Å². The van der Waals surface area contributed by atoms with E-state index in [4.69, 9.17) is 5.11 Å². The molecule has 1 aliphatic heterocycles. The number of piperazine rings is 1. The smallest absolute Gasteiger partial charge is 0.305 e. The van der Waals surface area contributed by atoms with Crippen LogP contribution in [-0.2, 0) is 14.4 Å². The molecule has 1 spiro atoms. The van der Waals surface area contributed by atoms with Crippen LogP contribution in [0.15, 0.2) is 0 Å². The second-order valence-corrected chi connectivity index (χ2v) is 3.70. The summed E-state index contributed by atoms with van der Waals surface area (Å²) in [5, 5.41) is 13.5. The van der Waals surface area contributed by atoms with Crippen molar-refractivity contribution < 1.29 is 19.5 Å². The molecule has 1 saturated carbocycles. The molecule has 0 aromatic rings. The molecule has 1 aliphatic carbocycles. The van der Waals surface area contributed by atoms with E-state index in [0.717, 1.165) is 0 Å². The maximum Gasteiger partial charge on any atom is 0.305 e. The van der Waals surface area contributed by atoms with Crippen LogP contribution in [0.3, 0.4) is 0 Å². The van der Waals surface area contributed by atoms with Gasteiger partial charge in [-0.3, -0.25) is 14.4 Å². The Morgan fingerprint density at radius 1 is 1.50 bits per heavy atom. The van der Waals surface area contributed by atoms with E-state index in [0.29, 0.717) is 12.8 Å². The number of carbonyl (C=O) groups excluding carboxylic acids is 2. The van der Waals surface area contributed by atoms with E-state index in [-0.39, 0.29) is 12.3 Å². The molecule has 0 radical (unpaired) electrons. The van der Waals surface area contributed by atoms with Gasteiger partial charge in [0, 0.05) is 0 Å². The first-order valence-corrected chi connectivity index (χ1v) is 4.38. The van der Waals surface area contributed by atoms with Crippen molar-refractivity contribution in [1.82, 2.24) is 10.6 Å². The summed E-state index contributed by atoms with van der Waals surface area (Å²) < 4.78 is 0. The van der Waals surface area contributed by atoms with Crippen LogP contribution in [0.2, 0.25) is 0 Å². The minimum absolute atomic E-state index is 0.261. The fraction of sp³-hybridized carbons (Fsp3) is 0.625. The lowest BCUT2D eigenvalue weighted by Gasteiger charge is -2.28. The number of amides is 2. The van der Waals surface area contributed by atoms with Crippen LogP contribution in [-0.4, -0.2) is 34.5 Å². The summed E-state index contributed by atoms with van der Waals surface area (Å²) >= 11 is 0. The van der Waals surface area contributed by atoms with Gasteiger partial charge in [0.2, 0.25) is 11.8 Å². The number of carboxylic acids is 1. The van der Waals surface area contributed by atoms with Gasteiger partial charge in [0.05, 0.1) is 6.42 Å². The topological polar surface area (TPSA) is 95.5 Å². The second kappa shape index (κ2) is 2.70. The number of aliphatic carboxylic acids is 1. The van der Waals surface area contributed by atoms with Gasteiger partial charge in [0.1, 0.15) is 11.6 Å². The van der Waals surface area contributed by atoms with E-state index in [2.05, 4.69) is 10.6 Å². The average molecular weight is 198 g/mol. The van der Waals surface area contributed by atoms with Gasteiger partial charge in [0.25, 0.3) is 0 Å². The summed E-state index contributed by atoms with van der Waals surface area (Å²) in [6.07, 6.45) is 0.919. The van der Waals surface area contributed by atoms with Crippen molar-refractivity contribution in [2.45, 2.75) is 30.8 Å². The zero-order chi connectivity index (χ0) is 10.3. The molecule has 1 saturated heterocycles. The molecular weight excluding hydrogens is 188 g/mol. The molecule has 14 heavy (non-hydrogen) atoms. The van der Waals surface area contributed by atoms with E-state index in [1.165, 1.54) is 0 Å². The average Bonchev–Trinajstić information content (AvgIpc) is 2.81. The highest BCUT2D eigenvalue weighted by Crippen LogP contribution is 2.37. The third kappa shape index (κ3) is 1.32. The SMILES string of the molecule is O=C(O)C[C@@H]1NC(=O)C2(CC2)NC1=O. The Labute approximate surface area is 79.7 Å². The monoisotopic (exact) mass is 198 g/mol. The summed E-state index contributed by atoms with van der Waals surface area (Å²) in [5.74, 6) is -1.76. The van der Waals surface area contributed by atoms with Crippen molar-refractivity contribution in [3.05, 3.63) is 0 Å². The maximum absolute atomic E-state index is 11.4. The lowest BCUT2D eigenvalue weighted by Crippen LogP contribution is -2.63. The van der Waals surface area contributed by atoms with Gasteiger partial charge in [-0.25, -0.2) is 0 Å². The molecule has 6 nitrogen and oxygen atoms in total. The molecule has 3 N–H and O–H groups in total. The van der Waals surface area contributed by atoms with E-state index in [1.54, 1.807) is 0 Å². The Bertz CT molecular complexity index is 321. The van der Waals surface area contributed by atoms with Crippen molar-refractivity contribution in [2.75, 3.05) is 0 Å². The van der Waals surface area contributed by atoms with Crippen molar-refractivity contribution in [1.29, 1.82) is 0 Å². The number of hydrogen-bond acceptors (Lipinski definition) is 3. The Hall–Kier alpha value is -1.59. The highest BCUT2D eigenvalue weighted by Gasteiger charge is 2.55. The fourth-order valence-corrected chi connectivity index (χ4v) is 1.54. The number of hydrogen-bond donors (Lipinski definition) is 3. The maximum atomic E-state index is 11.4. The van der Waals surface area contributed by atoms with Crippen LogP contribution >= 0.6 is 0 Å². The van der Waals surface area contributed by atoms with Crippen LogP contribution in [0.4, 0.5) is 0 Å². The minimum Gasteiger partial charge on any atom is -0.481 e. The van der Waals surface area contributed by atoms with Gasteiger partial charge in [-0.05, 0) is 12.8 Å². The van der Waals surface area contributed by atoms with E-state index < -0.39 is 23.5 Å². The summed E-state index contributed by atoms with van der Waals surface area (Å²) in [5.41, 5.74) is -0.716. The molecule has 2 rings (SSSR count). The van der Waals surface area contributed by atoms with Gasteiger partial charge >= 0.3 is 5.97 Å². The lowest BCUT2D eigenvalue weighted by molar-refractivity contribution is -0.143. The molecule has 0 aromatic heterocycles. The van der Waals surface area contributed by atoms with Crippen molar-refractivity contribution >= 4 is 17.8 Å².